The number of Topliss-reactive ketones (excluding diaryl/α,β-unsaturated/α-hetero) is 1. The lowest BCUT2D eigenvalue weighted by Crippen LogP contribution is -2.10. The van der Waals surface area contributed by atoms with E-state index in [-0.39, 0.29) is 5.56 Å². The Bertz CT molecular complexity index is 488. The number of hydrogen-bond donors (Lipinski definition) is 0. The van der Waals surface area contributed by atoms with Gasteiger partial charge in [0.05, 0.1) is 22.2 Å². The molecule has 0 saturated heterocycles. The fourth-order valence-corrected chi connectivity index (χ4v) is 1.51. The van der Waals surface area contributed by atoms with Crippen LogP contribution in [0.4, 0.5) is 13.2 Å². The first kappa shape index (κ1) is 12.5. The van der Waals surface area contributed by atoms with E-state index in [4.69, 9.17) is 16.9 Å². The van der Waals surface area contributed by atoms with Crippen LogP contribution in [0.1, 0.15) is 28.4 Å². The molecule has 6 heteroatoms. The van der Waals surface area contributed by atoms with Crippen molar-refractivity contribution < 1.29 is 18.0 Å². The maximum atomic E-state index is 12.5. The zero-order valence-electron chi connectivity index (χ0n) is 8.02. The van der Waals surface area contributed by atoms with Gasteiger partial charge in [-0.05, 0) is 19.1 Å². The number of hydrogen-bond acceptors (Lipinski definition) is 2. The van der Waals surface area contributed by atoms with Gasteiger partial charge < -0.3 is 0 Å². The Morgan fingerprint density at radius 3 is 2.38 bits per heavy atom. The number of ketones is 1. The van der Waals surface area contributed by atoms with Crippen molar-refractivity contribution in [3.63, 3.8) is 0 Å². The second-order valence-corrected chi connectivity index (χ2v) is 3.45. The molecular formula is C10H5ClF3NO. The molecule has 0 fully saturated rings. The molecule has 0 heterocycles. The summed E-state index contributed by atoms with van der Waals surface area (Å²) in [6.07, 6.45) is -4.71. The quantitative estimate of drug-likeness (QED) is 0.714. The Morgan fingerprint density at radius 2 is 2.00 bits per heavy atom. The third-order valence-electron chi connectivity index (χ3n) is 1.90. The summed E-state index contributed by atoms with van der Waals surface area (Å²) in [6, 6.07) is 3.18. The second kappa shape index (κ2) is 4.14. The first-order chi connectivity index (χ1) is 7.27. The zero-order chi connectivity index (χ0) is 12.5. The lowest BCUT2D eigenvalue weighted by molar-refractivity contribution is -0.137. The molecule has 0 spiro atoms. The molecule has 0 radical (unpaired) electrons. The van der Waals surface area contributed by atoms with Crippen LogP contribution in [0.15, 0.2) is 12.1 Å². The van der Waals surface area contributed by atoms with Gasteiger partial charge in [-0.15, -0.1) is 0 Å². The fraction of sp³-hybridized carbons (Fsp3) is 0.200. The maximum absolute atomic E-state index is 12.5. The van der Waals surface area contributed by atoms with Crippen LogP contribution in [0.5, 0.6) is 0 Å². The van der Waals surface area contributed by atoms with Crippen LogP contribution >= 0.6 is 11.6 Å². The molecule has 0 aliphatic rings. The highest BCUT2D eigenvalue weighted by atomic mass is 35.5. The van der Waals surface area contributed by atoms with Crippen LogP contribution in [-0.4, -0.2) is 5.78 Å². The van der Waals surface area contributed by atoms with Crippen molar-refractivity contribution in [3.05, 3.63) is 33.8 Å². The lowest BCUT2D eigenvalue weighted by atomic mass is 10.0. The van der Waals surface area contributed by atoms with Crippen LogP contribution in [0.2, 0.25) is 5.02 Å². The standard InChI is InChI=1S/C10H5ClF3NO/c1-5(16)6-2-7(4-15)9(8(11)3-6)10(12,13)14/h2-3H,1H3. The van der Waals surface area contributed by atoms with Gasteiger partial charge in [-0.25, -0.2) is 0 Å². The van der Waals surface area contributed by atoms with Crippen molar-refractivity contribution in [2.45, 2.75) is 13.1 Å². The van der Waals surface area contributed by atoms with Crippen molar-refractivity contribution >= 4 is 17.4 Å². The Kier molecular flexibility index (Phi) is 3.24. The van der Waals surface area contributed by atoms with Crippen molar-refractivity contribution in [2.75, 3.05) is 0 Å². The van der Waals surface area contributed by atoms with Gasteiger partial charge in [0.25, 0.3) is 0 Å². The number of halogens is 4. The molecule has 0 N–H and O–H groups in total. The van der Waals surface area contributed by atoms with Crippen molar-refractivity contribution in [3.8, 4) is 6.07 Å². The van der Waals surface area contributed by atoms with Gasteiger partial charge in [-0.2, -0.15) is 18.4 Å². The highest BCUT2D eigenvalue weighted by Gasteiger charge is 2.36. The number of carbonyl (C=O) groups excluding carboxylic acids is 1. The molecule has 84 valence electrons. The van der Waals surface area contributed by atoms with Crippen LogP contribution in [0.25, 0.3) is 0 Å². The van der Waals surface area contributed by atoms with E-state index in [1.165, 1.54) is 13.0 Å². The van der Waals surface area contributed by atoms with E-state index in [0.29, 0.717) is 0 Å². The normalized spacial score (nSPS) is 11.0. The van der Waals surface area contributed by atoms with Gasteiger partial charge in [0.1, 0.15) is 0 Å². The van der Waals surface area contributed by atoms with E-state index in [1.54, 1.807) is 0 Å². The summed E-state index contributed by atoms with van der Waals surface area (Å²) in [5.74, 6) is -0.452. The van der Waals surface area contributed by atoms with Crippen LogP contribution in [-0.2, 0) is 6.18 Å². The first-order valence-electron chi connectivity index (χ1n) is 4.09. The summed E-state index contributed by atoms with van der Waals surface area (Å²) in [5.41, 5.74) is -1.87. The molecule has 0 aliphatic carbocycles. The molecule has 1 aromatic rings. The van der Waals surface area contributed by atoms with Crippen molar-refractivity contribution in [2.24, 2.45) is 0 Å². The van der Waals surface area contributed by atoms with Gasteiger partial charge >= 0.3 is 6.18 Å². The predicted molar refractivity (Wildman–Crippen MR) is 51.2 cm³/mol. The predicted octanol–water partition coefficient (Wildman–Crippen LogP) is 3.43. The van der Waals surface area contributed by atoms with Crippen molar-refractivity contribution in [1.29, 1.82) is 5.26 Å². The highest BCUT2D eigenvalue weighted by molar-refractivity contribution is 6.32. The Morgan fingerprint density at radius 1 is 1.44 bits per heavy atom. The van der Waals surface area contributed by atoms with Gasteiger partial charge in [-0.1, -0.05) is 11.6 Å². The fourth-order valence-electron chi connectivity index (χ4n) is 1.19. The van der Waals surface area contributed by atoms with Gasteiger partial charge in [0, 0.05) is 5.56 Å². The third-order valence-corrected chi connectivity index (χ3v) is 2.20. The number of rotatable bonds is 1. The van der Waals surface area contributed by atoms with E-state index in [0.717, 1.165) is 12.1 Å². The number of nitrogens with zero attached hydrogens (tertiary/aromatic N) is 1. The largest absolute Gasteiger partial charge is 0.419 e. The lowest BCUT2D eigenvalue weighted by Gasteiger charge is -2.11. The van der Waals surface area contributed by atoms with Crippen LogP contribution in [0.3, 0.4) is 0 Å². The van der Waals surface area contributed by atoms with Gasteiger partial charge in [0.15, 0.2) is 5.78 Å². The molecule has 16 heavy (non-hydrogen) atoms. The molecule has 2 nitrogen and oxygen atoms in total. The van der Waals surface area contributed by atoms with E-state index < -0.39 is 28.1 Å². The summed E-state index contributed by atoms with van der Waals surface area (Å²) in [5, 5.41) is 7.95. The molecule has 0 aromatic heterocycles. The minimum absolute atomic E-state index is 0.0189. The molecule has 0 unspecified atom stereocenters. The Hall–Kier alpha value is -1.54. The molecule has 1 rings (SSSR count). The first-order valence-corrected chi connectivity index (χ1v) is 4.47. The maximum Gasteiger partial charge on any atom is 0.419 e. The molecule has 0 aliphatic heterocycles. The number of nitriles is 1. The molecule has 0 saturated carbocycles. The molecule has 0 bridgehead atoms. The smallest absolute Gasteiger partial charge is 0.295 e. The third kappa shape index (κ3) is 2.34. The topological polar surface area (TPSA) is 40.9 Å². The summed E-state index contributed by atoms with van der Waals surface area (Å²) < 4.78 is 37.5. The highest BCUT2D eigenvalue weighted by Crippen LogP contribution is 2.37. The van der Waals surface area contributed by atoms with Gasteiger partial charge in [-0.3, -0.25) is 4.79 Å². The average molecular weight is 248 g/mol. The summed E-state index contributed by atoms with van der Waals surface area (Å²) >= 11 is 5.42. The average Bonchev–Trinajstić information content (AvgIpc) is 2.14. The second-order valence-electron chi connectivity index (χ2n) is 3.05. The Balaban J connectivity index is 3.55. The van der Waals surface area contributed by atoms with Crippen LogP contribution < -0.4 is 0 Å². The molecule has 0 amide bonds. The molecular weight excluding hydrogens is 243 g/mol. The van der Waals surface area contributed by atoms with E-state index in [2.05, 4.69) is 0 Å². The van der Waals surface area contributed by atoms with E-state index >= 15 is 0 Å². The van der Waals surface area contributed by atoms with Crippen molar-refractivity contribution in [1.82, 2.24) is 0 Å². The zero-order valence-corrected chi connectivity index (χ0v) is 8.78. The number of benzene rings is 1. The monoisotopic (exact) mass is 247 g/mol. The van der Waals surface area contributed by atoms with E-state index in [9.17, 15) is 18.0 Å². The Labute approximate surface area is 94.2 Å². The number of alkyl halides is 3. The van der Waals surface area contributed by atoms with Crippen LogP contribution in [0, 0.1) is 11.3 Å². The summed E-state index contributed by atoms with van der Waals surface area (Å²) in [4.78, 5) is 11.0. The summed E-state index contributed by atoms with van der Waals surface area (Å²) in [7, 11) is 0. The van der Waals surface area contributed by atoms with Gasteiger partial charge in [0.2, 0.25) is 0 Å². The molecule has 0 atom stereocenters. The van der Waals surface area contributed by atoms with E-state index in [1.807, 2.05) is 0 Å². The summed E-state index contributed by atoms with van der Waals surface area (Å²) in [6.45, 7) is 1.18. The minimum atomic E-state index is -4.71. The number of carbonyl (C=O) groups is 1. The SMILES string of the molecule is CC(=O)c1cc(Cl)c(C(F)(F)F)c(C#N)c1. The molecule has 1 aromatic carbocycles. The minimum Gasteiger partial charge on any atom is -0.295 e.